The van der Waals surface area contributed by atoms with E-state index in [-0.39, 0.29) is 20.6 Å². The molecule has 0 bridgehead atoms. The van der Waals surface area contributed by atoms with Crippen LogP contribution in [0.25, 0.3) is 5.69 Å². The third-order valence-corrected chi connectivity index (χ3v) is 8.38. The Labute approximate surface area is 246 Å². The number of hydrogen-bond acceptors (Lipinski definition) is 4. The molecule has 1 N–H and O–H groups in total. The highest BCUT2D eigenvalue weighted by Gasteiger charge is 2.27. The summed E-state index contributed by atoms with van der Waals surface area (Å²) in [6.07, 6.45) is 1.48. The molecule has 4 aromatic rings. The standard InChI is InChI=1S/C27H22Cl4N4O3S/c1-17-8-19(18(2)35(17)25-13-22(30)10-23(31)14-25)15-32-33-27(36)16-34(24-11-20(28)9-21(29)12-24)39(37,38)26-6-4-3-5-7-26/h3-15H,16H2,1-2H3,(H,33,36)/b32-15-. The number of nitrogens with zero attached hydrogens (tertiary/aromatic N) is 3. The van der Waals surface area contributed by atoms with Crippen molar-refractivity contribution in [3.05, 3.63) is 110 Å². The van der Waals surface area contributed by atoms with Crippen LogP contribution in [-0.4, -0.2) is 31.7 Å². The zero-order valence-corrected chi connectivity index (χ0v) is 24.5. The first-order chi connectivity index (χ1) is 18.5. The predicted octanol–water partition coefficient (Wildman–Crippen LogP) is 7.05. The zero-order chi connectivity index (χ0) is 28.3. The maximum absolute atomic E-state index is 13.5. The summed E-state index contributed by atoms with van der Waals surface area (Å²) in [6.45, 7) is 3.24. The van der Waals surface area contributed by atoms with Crippen LogP contribution in [0.15, 0.2) is 82.8 Å². The van der Waals surface area contributed by atoms with Gasteiger partial charge in [0.25, 0.3) is 15.9 Å². The van der Waals surface area contributed by atoms with Crippen molar-refractivity contribution in [1.29, 1.82) is 0 Å². The van der Waals surface area contributed by atoms with Gasteiger partial charge in [0.2, 0.25) is 0 Å². The Morgan fingerprint density at radius 3 is 2.05 bits per heavy atom. The Kier molecular flexibility index (Phi) is 8.93. The van der Waals surface area contributed by atoms with E-state index in [0.29, 0.717) is 10.0 Å². The number of carbonyl (C=O) groups is 1. The Hall–Kier alpha value is -3.01. The number of hydrazone groups is 1. The second kappa shape index (κ2) is 12.0. The molecule has 1 amide bonds. The van der Waals surface area contributed by atoms with Crippen LogP contribution in [0.3, 0.4) is 0 Å². The van der Waals surface area contributed by atoms with E-state index in [0.717, 1.165) is 26.9 Å². The van der Waals surface area contributed by atoms with Gasteiger partial charge in [0.1, 0.15) is 6.54 Å². The largest absolute Gasteiger partial charge is 0.318 e. The van der Waals surface area contributed by atoms with Crippen molar-refractivity contribution >= 4 is 74.2 Å². The van der Waals surface area contributed by atoms with E-state index in [4.69, 9.17) is 46.4 Å². The molecule has 4 rings (SSSR count). The van der Waals surface area contributed by atoms with Gasteiger partial charge in [0, 0.05) is 42.7 Å². The van der Waals surface area contributed by atoms with E-state index in [9.17, 15) is 13.2 Å². The van der Waals surface area contributed by atoms with E-state index in [2.05, 4.69) is 10.5 Å². The molecule has 0 fully saturated rings. The minimum absolute atomic E-state index is 0.00552. The van der Waals surface area contributed by atoms with Crippen LogP contribution in [0, 0.1) is 13.8 Å². The number of benzene rings is 3. The minimum atomic E-state index is -4.13. The van der Waals surface area contributed by atoms with E-state index < -0.39 is 22.5 Å². The highest BCUT2D eigenvalue weighted by atomic mass is 35.5. The summed E-state index contributed by atoms with van der Waals surface area (Å²) >= 11 is 24.6. The number of rotatable bonds is 8. The van der Waals surface area contributed by atoms with Crippen molar-refractivity contribution in [2.24, 2.45) is 5.10 Å². The maximum atomic E-state index is 13.5. The van der Waals surface area contributed by atoms with Crippen LogP contribution < -0.4 is 9.73 Å². The summed E-state index contributed by atoms with van der Waals surface area (Å²) in [7, 11) is -4.13. The molecule has 0 aliphatic rings. The highest BCUT2D eigenvalue weighted by molar-refractivity contribution is 7.92. The first-order valence-electron chi connectivity index (χ1n) is 11.5. The maximum Gasteiger partial charge on any atom is 0.264 e. The predicted molar refractivity (Wildman–Crippen MR) is 158 cm³/mol. The SMILES string of the molecule is Cc1cc(/C=N\NC(=O)CN(c2cc(Cl)cc(Cl)c2)S(=O)(=O)c2ccccc2)c(C)n1-c1cc(Cl)cc(Cl)c1. The number of sulfonamides is 1. The van der Waals surface area contributed by atoms with Crippen LogP contribution in [0.1, 0.15) is 17.0 Å². The average molecular weight is 624 g/mol. The summed E-state index contributed by atoms with van der Waals surface area (Å²) in [5, 5.41) is 5.51. The lowest BCUT2D eigenvalue weighted by Gasteiger charge is -2.24. The topological polar surface area (TPSA) is 83.8 Å². The molecule has 0 aliphatic heterocycles. The number of carbonyl (C=O) groups excluding carboxylic acids is 1. The van der Waals surface area contributed by atoms with E-state index in [1.165, 1.54) is 36.5 Å². The van der Waals surface area contributed by atoms with Gasteiger partial charge in [0.05, 0.1) is 16.8 Å². The molecule has 12 heteroatoms. The molecule has 39 heavy (non-hydrogen) atoms. The summed E-state index contributed by atoms with van der Waals surface area (Å²) in [6, 6.07) is 19.2. The lowest BCUT2D eigenvalue weighted by atomic mass is 10.2. The van der Waals surface area contributed by atoms with Gasteiger partial charge >= 0.3 is 0 Å². The van der Waals surface area contributed by atoms with Crippen LogP contribution in [0.4, 0.5) is 5.69 Å². The summed E-state index contributed by atoms with van der Waals surface area (Å²) in [5.74, 6) is -0.669. The van der Waals surface area contributed by atoms with Crippen molar-refractivity contribution in [2.45, 2.75) is 18.7 Å². The van der Waals surface area contributed by atoms with Gasteiger partial charge in [-0.15, -0.1) is 0 Å². The lowest BCUT2D eigenvalue weighted by Crippen LogP contribution is -2.39. The quantitative estimate of drug-likeness (QED) is 0.169. The van der Waals surface area contributed by atoms with Crippen molar-refractivity contribution in [3.8, 4) is 5.69 Å². The second-order valence-corrected chi connectivity index (χ2v) is 12.1. The molecule has 0 unspecified atom stereocenters. The van der Waals surface area contributed by atoms with E-state index in [1.54, 1.807) is 36.4 Å². The van der Waals surface area contributed by atoms with Crippen molar-refractivity contribution in [2.75, 3.05) is 10.8 Å². The van der Waals surface area contributed by atoms with Gasteiger partial charge in [-0.1, -0.05) is 64.6 Å². The molecular formula is C27H22Cl4N4O3S. The number of aromatic nitrogens is 1. The fourth-order valence-electron chi connectivity index (χ4n) is 4.04. The first kappa shape index (κ1) is 29.0. The number of nitrogens with one attached hydrogen (secondary N) is 1. The molecule has 1 aromatic heterocycles. The fraction of sp³-hybridized carbons (Fsp3) is 0.111. The van der Waals surface area contributed by atoms with Gasteiger partial charge < -0.3 is 4.57 Å². The molecule has 0 atom stereocenters. The Morgan fingerprint density at radius 1 is 0.897 bits per heavy atom. The zero-order valence-electron chi connectivity index (χ0n) is 20.7. The average Bonchev–Trinajstić information content (AvgIpc) is 3.14. The van der Waals surface area contributed by atoms with Crippen LogP contribution in [-0.2, 0) is 14.8 Å². The molecule has 0 saturated heterocycles. The van der Waals surface area contributed by atoms with E-state index >= 15 is 0 Å². The molecular weight excluding hydrogens is 602 g/mol. The monoisotopic (exact) mass is 622 g/mol. The van der Waals surface area contributed by atoms with Crippen LogP contribution in [0.2, 0.25) is 20.1 Å². The molecule has 202 valence electrons. The fourth-order valence-corrected chi connectivity index (χ4v) is 6.50. The van der Waals surface area contributed by atoms with Crippen LogP contribution >= 0.6 is 46.4 Å². The summed E-state index contributed by atoms with van der Waals surface area (Å²) < 4.78 is 29.8. The molecule has 0 radical (unpaired) electrons. The normalized spacial score (nSPS) is 11.6. The van der Waals surface area contributed by atoms with Crippen molar-refractivity contribution in [1.82, 2.24) is 9.99 Å². The van der Waals surface area contributed by atoms with Gasteiger partial charge in [0.15, 0.2) is 0 Å². The second-order valence-electron chi connectivity index (χ2n) is 8.54. The van der Waals surface area contributed by atoms with Gasteiger partial charge in [-0.05, 0) is 68.4 Å². The Balaban J connectivity index is 1.58. The van der Waals surface area contributed by atoms with Crippen LogP contribution in [0.5, 0.6) is 0 Å². The van der Waals surface area contributed by atoms with Crippen molar-refractivity contribution < 1.29 is 13.2 Å². The molecule has 0 saturated carbocycles. The first-order valence-corrected chi connectivity index (χ1v) is 14.4. The molecule has 1 heterocycles. The number of aryl methyl sites for hydroxylation is 1. The molecule has 3 aromatic carbocycles. The molecule has 7 nitrogen and oxygen atoms in total. The van der Waals surface area contributed by atoms with Gasteiger partial charge in [-0.25, -0.2) is 13.8 Å². The molecule has 0 spiro atoms. The molecule has 0 aliphatic carbocycles. The summed E-state index contributed by atoms with van der Waals surface area (Å²) in [5.41, 5.74) is 5.80. The summed E-state index contributed by atoms with van der Waals surface area (Å²) in [4.78, 5) is 12.9. The Bertz CT molecular complexity index is 1630. The third-order valence-electron chi connectivity index (χ3n) is 5.72. The minimum Gasteiger partial charge on any atom is -0.318 e. The number of hydrogen-bond donors (Lipinski definition) is 1. The number of anilines is 1. The Morgan fingerprint density at radius 2 is 1.46 bits per heavy atom. The number of halogens is 4. The lowest BCUT2D eigenvalue weighted by molar-refractivity contribution is -0.119. The van der Waals surface area contributed by atoms with Gasteiger partial charge in [-0.2, -0.15) is 5.10 Å². The smallest absolute Gasteiger partial charge is 0.264 e. The third kappa shape index (κ3) is 6.77. The van der Waals surface area contributed by atoms with E-state index in [1.807, 2.05) is 24.5 Å². The highest BCUT2D eigenvalue weighted by Crippen LogP contribution is 2.30. The number of amides is 1. The van der Waals surface area contributed by atoms with Gasteiger partial charge in [-0.3, -0.25) is 9.10 Å². The van der Waals surface area contributed by atoms with Crippen molar-refractivity contribution in [3.63, 3.8) is 0 Å².